The number of allylic oxidation sites excluding steroid dienone is 16. The molecule has 0 aliphatic heterocycles. The lowest BCUT2D eigenvalue weighted by atomic mass is 10.0. The molecule has 0 saturated heterocycles. The van der Waals surface area contributed by atoms with Gasteiger partial charge in [-0.1, -0.05) is 323 Å². The SMILES string of the molecule is CC/C=C\C/C=C\C/C=C\C/C=C\C/C=C\CCCCCCCCCCCC(=O)OCC(COC(=O)CCCCCCC/C=C\C/C=C\C/C=C\CC)OC(=O)CCCCCCCCCCCCCCCCCCCCCCCCC. The van der Waals surface area contributed by atoms with E-state index >= 15 is 0 Å². The smallest absolute Gasteiger partial charge is 0.306 e. The number of hydrogen-bond donors (Lipinski definition) is 0. The van der Waals surface area contributed by atoms with E-state index in [1.54, 1.807) is 0 Å². The molecule has 1 unspecified atom stereocenters. The first-order chi connectivity index (χ1) is 40.0. The minimum atomic E-state index is -0.788. The van der Waals surface area contributed by atoms with Crippen molar-refractivity contribution < 1.29 is 28.6 Å². The van der Waals surface area contributed by atoms with Gasteiger partial charge in [0.15, 0.2) is 6.10 Å². The summed E-state index contributed by atoms with van der Waals surface area (Å²) in [5.41, 5.74) is 0. The summed E-state index contributed by atoms with van der Waals surface area (Å²) in [6.45, 7) is 6.44. The molecule has 0 amide bonds. The van der Waals surface area contributed by atoms with Crippen LogP contribution >= 0.6 is 0 Å². The number of carbonyl (C=O) groups is 3. The first-order valence-corrected chi connectivity index (χ1v) is 34.7. The van der Waals surface area contributed by atoms with Crippen molar-refractivity contribution in [1.29, 1.82) is 0 Å². The van der Waals surface area contributed by atoms with Crippen LogP contribution in [0, 0.1) is 0 Å². The highest BCUT2D eigenvalue weighted by atomic mass is 16.6. The van der Waals surface area contributed by atoms with Gasteiger partial charge in [-0.05, 0) is 96.3 Å². The zero-order chi connectivity index (χ0) is 58.5. The molecule has 0 N–H and O–H groups in total. The third kappa shape index (κ3) is 67.0. The molecule has 81 heavy (non-hydrogen) atoms. The number of unbranched alkanes of at least 4 members (excludes halogenated alkanes) is 36. The van der Waals surface area contributed by atoms with Crippen molar-refractivity contribution in [1.82, 2.24) is 0 Å². The van der Waals surface area contributed by atoms with Crippen LogP contribution in [0.25, 0.3) is 0 Å². The van der Waals surface area contributed by atoms with Crippen LogP contribution in [0.1, 0.15) is 342 Å². The lowest BCUT2D eigenvalue weighted by molar-refractivity contribution is -0.167. The first kappa shape index (κ1) is 77.3. The van der Waals surface area contributed by atoms with Crippen LogP contribution in [0.2, 0.25) is 0 Å². The van der Waals surface area contributed by atoms with Crippen LogP contribution in [-0.4, -0.2) is 37.2 Å². The first-order valence-electron chi connectivity index (χ1n) is 34.7. The summed E-state index contributed by atoms with van der Waals surface area (Å²) >= 11 is 0. The fourth-order valence-electron chi connectivity index (χ4n) is 9.96. The molecule has 0 spiro atoms. The van der Waals surface area contributed by atoms with E-state index in [9.17, 15) is 14.4 Å². The van der Waals surface area contributed by atoms with Gasteiger partial charge in [0.05, 0.1) is 0 Å². The van der Waals surface area contributed by atoms with Crippen molar-refractivity contribution in [2.75, 3.05) is 13.2 Å². The van der Waals surface area contributed by atoms with Gasteiger partial charge < -0.3 is 14.2 Å². The second kappa shape index (κ2) is 68.8. The molecule has 466 valence electrons. The van der Waals surface area contributed by atoms with E-state index in [0.29, 0.717) is 19.3 Å². The maximum Gasteiger partial charge on any atom is 0.306 e. The van der Waals surface area contributed by atoms with E-state index < -0.39 is 6.10 Å². The molecule has 0 aromatic heterocycles. The largest absolute Gasteiger partial charge is 0.462 e. The normalized spacial score (nSPS) is 12.7. The van der Waals surface area contributed by atoms with Gasteiger partial charge in [-0.2, -0.15) is 0 Å². The van der Waals surface area contributed by atoms with Gasteiger partial charge in [0.1, 0.15) is 13.2 Å². The molecule has 0 radical (unpaired) electrons. The molecule has 0 heterocycles. The summed E-state index contributed by atoms with van der Waals surface area (Å²) in [6, 6.07) is 0. The Morgan fingerprint density at radius 1 is 0.259 bits per heavy atom. The van der Waals surface area contributed by atoms with Crippen LogP contribution in [0.3, 0.4) is 0 Å². The molecule has 0 fully saturated rings. The van der Waals surface area contributed by atoms with E-state index in [1.807, 2.05) is 0 Å². The molecule has 0 aliphatic rings. The Kier molecular flexibility index (Phi) is 65.7. The maximum absolute atomic E-state index is 13.0. The molecule has 0 aromatic carbocycles. The van der Waals surface area contributed by atoms with Crippen LogP contribution in [0.5, 0.6) is 0 Å². The molecule has 6 heteroatoms. The quantitative estimate of drug-likeness (QED) is 0.0261. The summed E-state index contributed by atoms with van der Waals surface area (Å²) in [5, 5.41) is 0. The van der Waals surface area contributed by atoms with Crippen LogP contribution < -0.4 is 0 Å². The summed E-state index contributed by atoms with van der Waals surface area (Å²) in [5.74, 6) is -0.890. The third-order valence-corrected chi connectivity index (χ3v) is 15.1. The monoisotopic (exact) mass is 1130 g/mol. The van der Waals surface area contributed by atoms with Crippen LogP contribution in [0.4, 0.5) is 0 Å². The minimum Gasteiger partial charge on any atom is -0.462 e. The zero-order valence-electron chi connectivity index (χ0n) is 53.5. The van der Waals surface area contributed by atoms with Crippen molar-refractivity contribution >= 4 is 17.9 Å². The molecule has 0 aromatic rings. The fraction of sp³-hybridized carbons (Fsp3) is 0.747. The van der Waals surface area contributed by atoms with Crippen molar-refractivity contribution in [3.8, 4) is 0 Å². The average Bonchev–Trinajstić information content (AvgIpc) is 3.47. The number of hydrogen-bond acceptors (Lipinski definition) is 6. The Balaban J connectivity index is 4.34. The molecular weight excluding hydrogens is 997 g/mol. The number of rotatable bonds is 63. The van der Waals surface area contributed by atoms with Crippen molar-refractivity contribution in [2.24, 2.45) is 0 Å². The molecule has 0 aliphatic carbocycles. The third-order valence-electron chi connectivity index (χ3n) is 15.1. The molecule has 6 nitrogen and oxygen atoms in total. The van der Waals surface area contributed by atoms with Gasteiger partial charge in [0.2, 0.25) is 0 Å². The predicted octanol–water partition coefficient (Wildman–Crippen LogP) is 24.0. The lowest BCUT2D eigenvalue weighted by Gasteiger charge is -2.18. The van der Waals surface area contributed by atoms with E-state index in [-0.39, 0.29) is 31.1 Å². The molecule has 0 saturated carbocycles. The van der Waals surface area contributed by atoms with E-state index in [4.69, 9.17) is 14.2 Å². The molecule has 1 atom stereocenters. The van der Waals surface area contributed by atoms with E-state index in [0.717, 1.165) is 135 Å². The second-order valence-corrected chi connectivity index (χ2v) is 23.0. The van der Waals surface area contributed by atoms with Crippen molar-refractivity contribution in [3.05, 3.63) is 97.2 Å². The Labute approximate surface area is 502 Å². The number of carbonyl (C=O) groups excluding carboxylic acids is 3. The summed E-state index contributed by atoms with van der Waals surface area (Å²) < 4.78 is 17.0. The second-order valence-electron chi connectivity index (χ2n) is 23.0. The Bertz CT molecular complexity index is 1580. The van der Waals surface area contributed by atoms with Gasteiger partial charge in [-0.15, -0.1) is 0 Å². The van der Waals surface area contributed by atoms with Gasteiger partial charge >= 0.3 is 17.9 Å². The Morgan fingerprint density at radius 3 is 0.753 bits per heavy atom. The maximum atomic E-state index is 13.0. The Hall–Kier alpha value is -3.67. The highest BCUT2D eigenvalue weighted by Gasteiger charge is 2.19. The highest BCUT2D eigenvalue weighted by molar-refractivity contribution is 5.71. The predicted molar refractivity (Wildman–Crippen MR) is 353 cm³/mol. The molecule has 0 rings (SSSR count). The van der Waals surface area contributed by atoms with Gasteiger partial charge in [0, 0.05) is 19.3 Å². The van der Waals surface area contributed by atoms with Gasteiger partial charge in [-0.25, -0.2) is 0 Å². The minimum absolute atomic E-state index is 0.0840. The van der Waals surface area contributed by atoms with Gasteiger partial charge in [0.25, 0.3) is 0 Å². The topological polar surface area (TPSA) is 78.9 Å². The average molecular weight is 1130 g/mol. The standard InChI is InChI=1S/C75H130O6/c1-4-7-10-13-16-19-22-25-28-30-32-34-36-37-39-40-42-44-47-50-53-56-59-62-65-68-74(77)80-71-72(70-79-73(76)67-64-61-58-55-52-49-46-27-24-21-18-15-12-9-6-3)81-75(78)69-66-63-60-57-54-51-48-45-43-41-38-35-33-31-29-26-23-20-17-14-11-8-5-2/h7,9-10,12,16,18-19,21,25,27-28,32,34,37,39,46,72H,4-6,8,11,13-15,17,20,22-24,26,29-31,33,35-36,38,40-45,47-71H2,1-3H3/b10-7-,12-9-,19-16-,21-18-,28-25-,34-32-,39-37-,46-27-. The van der Waals surface area contributed by atoms with Crippen molar-refractivity contribution in [2.45, 2.75) is 348 Å². The highest BCUT2D eigenvalue weighted by Crippen LogP contribution is 2.18. The van der Waals surface area contributed by atoms with Crippen molar-refractivity contribution in [3.63, 3.8) is 0 Å². The fourth-order valence-corrected chi connectivity index (χ4v) is 9.96. The van der Waals surface area contributed by atoms with Crippen LogP contribution in [-0.2, 0) is 28.6 Å². The summed E-state index contributed by atoms with van der Waals surface area (Å²) in [7, 11) is 0. The Morgan fingerprint density at radius 2 is 0.481 bits per heavy atom. The molecular formula is C75H130O6. The zero-order valence-corrected chi connectivity index (χ0v) is 53.5. The molecule has 0 bridgehead atoms. The van der Waals surface area contributed by atoms with Crippen LogP contribution in [0.15, 0.2) is 97.2 Å². The summed E-state index contributed by atoms with van der Waals surface area (Å²) in [6.07, 6.45) is 92.9. The number of ether oxygens (including phenoxy) is 3. The lowest BCUT2D eigenvalue weighted by Crippen LogP contribution is -2.30. The number of esters is 3. The van der Waals surface area contributed by atoms with E-state index in [2.05, 4.69) is 118 Å². The van der Waals surface area contributed by atoms with Gasteiger partial charge in [-0.3, -0.25) is 14.4 Å². The summed E-state index contributed by atoms with van der Waals surface area (Å²) in [4.78, 5) is 38.4. The van der Waals surface area contributed by atoms with E-state index in [1.165, 1.54) is 167 Å².